The first-order valence-electron chi connectivity index (χ1n) is 21.7. The molecule has 0 bridgehead atoms. The summed E-state index contributed by atoms with van der Waals surface area (Å²) >= 11 is 0. The van der Waals surface area contributed by atoms with Crippen LogP contribution in [0.5, 0.6) is 0 Å². The Morgan fingerprint density at radius 2 is 0.709 bits per heavy atom. The lowest BCUT2D eigenvalue weighted by molar-refractivity contribution is -0.166. The maximum atomic E-state index is 12.6. The van der Waals surface area contributed by atoms with Crippen molar-refractivity contribution >= 4 is 17.9 Å². The minimum absolute atomic E-state index is 0.132. The summed E-state index contributed by atoms with van der Waals surface area (Å²) in [6.45, 7) is 6.29. The molecule has 0 N–H and O–H groups in total. The number of unbranched alkanes of at least 4 members (excludes halogenated alkanes) is 10. The van der Waals surface area contributed by atoms with Crippen LogP contribution in [0.1, 0.15) is 175 Å². The van der Waals surface area contributed by atoms with Crippen LogP contribution in [0.15, 0.2) is 97.2 Å². The van der Waals surface area contributed by atoms with Crippen LogP contribution in [-0.4, -0.2) is 37.2 Å². The predicted octanol–water partition coefficient (Wildman–Crippen LogP) is 13.9. The minimum atomic E-state index is -0.834. The zero-order chi connectivity index (χ0) is 40.1. The molecule has 6 heteroatoms. The molecule has 0 aliphatic carbocycles. The van der Waals surface area contributed by atoms with Crippen molar-refractivity contribution in [2.45, 2.75) is 181 Å². The molecular weight excluding hydrogens is 685 g/mol. The van der Waals surface area contributed by atoms with Crippen molar-refractivity contribution in [2.75, 3.05) is 13.2 Å². The molecule has 6 nitrogen and oxygen atoms in total. The van der Waals surface area contributed by atoms with Crippen molar-refractivity contribution in [2.24, 2.45) is 0 Å². The molecular formula is C49H78O6. The van der Waals surface area contributed by atoms with Gasteiger partial charge < -0.3 is 14.2 Å². The Morgan fingerprint density at radius 1 is 0.382 bits per heavy atom. The Morgan fingerprint density at radius 3 is 1.13 bits per heavy atom. The molecule has 0 heterocycles. The second-order valence-corrected chi connectivity index (χ2v) is 13.9. The minimum Gasteiger partial charge on any atom is -0.462 e. The molecule has 1 unspecified atom stereocenters. The van der Waals surface area contributed by atoms with E-state index in [2.05, 4.69) is 118 Å². The van der Waals surface area contributed by atoms with Crippen LogP contribution in [-0.2, 0) is 28.6 Å². The fraction of sp³-hybridized carbons (Fsp3) is 0.612. The van der Waals surface area contributed by atoms with Gasteiger partial charge in [-0.05, 0) is 103 Å². The molecule has 0 saturated carbocycles. The zero-order valence-corrected chi connectivity index (χ0v) is 35.1. The Balaban J connectivity index is 4.55. The van der Waals surface area contributed by atoms with E-state index in [9.17, 15) is 14.4 Å². The smallest absolute Gasteiger partial charge is 0.306 e. The Kier molecular flexibility index (Phi) is 40.2. The number of hydrogen-bond donors (Lipinski definition) is 0. The maximum Gasteiger partial charge on any atom is 0.306 e. The van der Waals surface area contributed by atoms with E-state index in [1.54, 1.807) is 0 Å². The highest BCUT2D eigenvalue weighted by Gasteiger charge is 2.19. The Bertz CT molecular complexity index is 1150. The number of allylic oxidation sites excluding steroid dienone is 16. The summed E-state index contributed by atoms with van der Waals surface area (Å²) in [6, 6.07) is 0. The molecule has 1 atom stereocenters. The van der Waals surface area contributed by atoms with Crippen LogP contribution in [0.25, 0.3) is 0 Å². The van der Waals surface area contributed by atoms with E-state index in [1.165, 1.54) is 51.4 Å². The van der Waals surface area contributed by atoms with E-state index < -0.39 is 12.1 Å². The summed E-state index contributed by atoms with van der Waals surface area (Å²) in [6.07, 6.45) is 55.6. The molecule has 0 aliphatic heterocycles. The largest absolute Gasteiger partial charge is 0.462 e. The van der Waals surface area contributed by atoms with Gasteiger partial charge in [-0.1, -0.05) is 150 Å². The van der Waals surface area contributed by atoms with Crippen molar-refractivity contribution in [3.05, 3.63) is 97.2 Å². The van der Waals surface area contributed by atoms with Crippen LogP contribution in [0.2, 0.25) is 0 Å². The molecule has 0 spiro atoms. The summed E-state index contributed by atoms with van der Waals surface area (Å²) in [5.41, 5.74) is 0. The van der Waals surface area contributed by atoms with Gasteiger partial charge in [0.2, 0.25) is 0 Å². The van der Waals surface area contributed by atoms with Crippen LogP contribution >= 0.6 is 0 Å². The monoisotopic (exact) mass is 763 g/mol. The van der Waals surface area contributed by atoms with Gasteiger partial charge in [0.05, 0.1) is 0 Å². The van der Waals surface area contributed by atoms with Crippen molar-refractivity contribution in [1.82, 2.24) is 0 Å². The molecule has 0 aromatic rings. The summed E-state index contributed by atoms with van der Waals surface area (Å²) < 4.78 is 16.5. The van der Waals surface area contributed by atoms with Crippen molar-refractivity contribution in [3.63, 3.8) is 0 Å². The number of carbonyl (C=O) groups excluding carboxylic acids is 3. The zero-order valence-electron chi connectivity index (χ0n) is 35.1. The van der Waals surface area contributed by atoms with Crippen LogP contribution < -0.4 is 0 Å². The average Bonchev–Trinajstić information content (AvgIpc) is 3.18. The van der Waals surface area contributed by atoms with E-state index in [0.717, 1.165) is 64.2 Å². The lowest BCUT2D eigenvalue weighted by Crippen LogP contribution is -2.30. The standard InChI is InChI=1S/C49H78O6/c1-4-7-10-13-16-19-21-22-23-24-25-26-28-30-33-36-39-42-48(51)54-45-46(44-53-47(50)41-38-35-32-29-18-15-12-9-6-3)55-49(52)43-40-37-34-31-27-20-17-14-11-8-5-2/h8,11,16-17,19-20,22-23,25-26,29-34,46H,4-7,9-10,12-15,18,21,24,27-28,35-45H2,1-3H3/b11-8-,19-16-,20-17-,23-22-,26-25-,32-29-,33-30-,34-31-. The van der Waals surface area contributed by atoms with Crippen molar-refractivity contribution in [3.8, 4) is 0 Å². The molecule has 0 rings (SSSR count). The first-order chi connectivity index (χ1) is 27.0. The average molecular weight is 763 g/mol. The third kappa shape index (κ3) is 41.3. The van der Waals surface area contributed by atoms with Crippen LogP contribution in [0, 0.1) is 0 Å². The number of ether oxygens (including phenoxy) is 3. The fourth-order valence-electron chi connectivity index (χ4n) is 5.28. The van der Waals surface area contributed by atoms with Gasteiger partial charge in [-0.15, -0.1) is 0 Å². The molecule has 0 saturated heterocycles. The van der Waals surface area contributed by atoms with Gasteiger partial charge in [0.15, 0.2) is 6.10 Å². The predicted molar refractivity (Wildman–Crippen MR) is 233 cm³/mol. The van der Waals surface area contributed by atoms with Gasteiger partial charge in [-0.25, -0.2) is 0 Å². The molecule has 0 aromatic carbocycles. The van der Waals surface area contributed by atoms with E-state index in [1.807, 2.05) is 0 Å². The lowest BCUT2D eigenvalue weighted by Gasteiger charge is -2.18. The Hall–Kier alpha value is -3.67. The summed E-state index contributed by atoms with van der Waals surface area (Å²) in [5, 5.41) is 0. The van der Waals surface area contributed by atoms with Crippen LogP contribution in [0.4, 0.5) is 0 Å². The number of rotatable bonds is 37. The second-order valence-electron chi connectivity index (χ2n) is 13.9. The number of esters is 3. The third-order valence-electron chi connectivity index (χ3n) is 8.54. The second kappa shape index (κ2) is 43.1. The first-order valence-corrected chi connectivity index (χ1v) is 21.7. The highest BCUT2D eigenvalue weighted by atomic mass is 16.6. The van der Waals surface area contributed by atoms with E-state index in [4.69, 9.17) is 14.2 Å². The number of hydrogen-bond acceptors (Lipinski definition) is 6. The van der Waals surface area contributed by atoms with Crippen molar-refractivity contribution in [1.29, 1.82) is 0 Å². The first kappa shape index (κ1) is 51.3. The topological polar surface area (TPSA) is 78.9 Å². The highest BCUT2D eigenvalue weighted by molar-refractivity contribution is 5.71. The lowest BCUT2D eigenvalue weighted by atomic mass is 10.1. The summed E-state index contributed by atoms with van der Waals surface area (Å²) in [4.78, 5) is 37.5. The molecule has 0 amide bonds. The van der Waals surface area contributed by atoms with Gasteiger partial charge in [0.1, 0.15) is 13.2 Å². The molecule has 310 valence electrons. The molecule has 0 aromatic heterocycles. The molecule has 55 heavy (non-hydrogen) atoms. The molecule has 0 fully saturated rings. The summed E-state index contributed by atoms with van der Waals surface area (Å²) in [7, 11) is 0. The van der Waals surface area contributed by atoms with Crippen LogP contribution in [0.3, 0.4) is 0 Å². The molecule has 0 radical (unpaired) electrons. The normalized spacial score (nSPS) is 13.0. The highest BCUT2D eigenvalue weighted by Crippen LogP contribution is 2.09. The van der Waals surface area contributed by atoms with E-state index >= 15 is 0 Å². The third-order valence-corrected chi connectivity index (χ3v) is 8.54. The van der Waals surface area contributed by atoms with Gasteiger partial charge >= 0.3 is 17.9 Å². The Labute approximate surface area is 337 Å². The van der Waals surface area contributed by atoms with E-state index in [0.29, 0.717) is 19.3 Å². The fourth-order valence-corrected chi connectivity index (χ4v) is 5.28. The maximum absolute atomic E-state index is 12.6. The van der Waals surface area contributed by atoms with Gasteiger partial charge in [0, 0.05) is 19.3 Å². The van der Waals surface area contributed by atoms with Crippen molar-refractivity contribution < 1.29 is 28.6 Å². The molecule has 0 aliphatic rings. The SMILES string of the molecule is CC/C=C\C/C=C\C/C=C\CCCC(=O)OC(COC(=O)CCC/C=C\C/C=C\C/C=C\C/C=C\CCCCC)COC(=O)CCC/C=C\CCCCCC. The van der Waals surface area contributed by atoms with Gasteiger partial charge in [0.25, 0.3) is 0 Å². The van der Waals surface area contributed by atoms with Gasteiger partial charge in [-0.3, -0.25) is 14.4 Å². The summed E-state index contributed by atoms with van der Waals surface area (Å²) in [5.74, 6) is -1.09. The quantitative estimate of drug-likeness (QED) is 0.0271. The van der Waals surface area contributed by atoms with E-state index in [-0.39, 0.29) is 44.4 Å². The number of carbonyl (C=O) groups is 3. The van der Waals surface area contributed by atoms with Gasteiger partial charge in [-0.2, -0.15) is 0 Å².